The van der Waals surface area contributed by atoms with E-state index in [1.807, 2.05) is 61.5 Å². The van der Waals surface area contributed by atoms with E-state index in [0.29, 0.717) is 24.5 Å². The molecule has 3 rings (SSSR count). The van der Waals surface area contributed by atoms with Gasteiger partial charge in [-0.15, -0.1) is 0 Å². The summed E-state index contributed by atoms with van der Waals surface area (Å²) in [6.07, 6.45) is 0.601. The second-order valence-corrected chi connectivity index (χ2v) is 9.19. The van der Waals surface area contributed by atoms with Gasteiger partial charge in [-0.05, 0) is 49.2 Å². The Morgan fingerprint density at radius 1 is 0.939 bits per heavy atom. The Bertz CT molecular complexity index is 1150. The minimum absolute atomic E-state index is 0.136. The summed E-state index contributed by atoms with van der Waals surface area (Å²) in [6.45, 7) is 1.97. The number of hydrogen-bond donors (Lipinski definition) is 2. The molecule has 8 heteroatoms. The van der Waals surface area contributed by atoms with E-state index < -0.39 is 10.0 Å². The van der Waals surface area contributed by atoms with E-state index in [9.17, 15) is 13.2 Å². The second-order valence-electron chi connectivity index (χ2n) is 7.42. The van der Waals surface area contributed by atoms with Gasteiger partial charge in [-0.3, -0.25) is 4.79 Å². The number of benzene rings is 3. The van der Waals surface area contributed by atoms with E-state index in [1.54, 1.807) is 7.11 Å². The molecule has 3 aromatic carbocycles. The monoisotopic (exact) mass is 468 g/mol. The van der Waals surface area contributed by atoms with Crippen molar-refractivity contribution in [3.8, 4) is 11.5 Å². The van der Waals surface area contributed by atoms with Crippen molar-refractivity contribution in [2.24, 2.45) is 0 Å². The summed E-state index contributed by atoms with van der Waals surface area (Å²) in [5.74, 6) is 0.798. The number of para-hydroxylation sites is 1. The highest BCUT2D eigenvalue weighted by Crippen LogP contribution is 2.24. The van der Waals surface area contributed by atoms with Gasteiger partial charge < -0.3 is 14.8 Å². The van der Waals surface area contributed by atoms with Crippen molar-refractivity contribution in [1.82, 2.24) is 10.0 Å². The molecule has 1 atom stereocenters. The molecule has 7 nitrogen and oxygen atoms in total. The zero-order valence-electron chi connectivity index (χ0n) is 18.7. The smallest absolute Gasteiger partial charge is 0.258 e. The van der Waals surface area contributed by atoms with Gasteiger partial charge in [0.2, 0.25) is 10.0 Å². The Morgan fingerprint density at radius 2 is 1.61 bits per heavy atom. The topological polar surface area (TPSA) is 93.7 Å². The van der Waals surface area contributed by atoms with Crippen molar-refractivity contribution >= 4 is 15.9 Å². The average Bonchev–Trinajstić information content (AvgIpc) is 2.83. The number of hydrogen-bond acceptors (Lipinski definition) is 5. The lowest BCUT2D eigenvalue weighted by Crippen LogP contribution is -2.31. The molecule has 0 saturated carbocycles. The highest BCUT2D eigenvalue weighted by molar-refractivity contribution is 7.89. The van der Waals surface area contributed by atoms with Gasteiger partial charge >= 0.3 is 0 Å². The molecule has 0 aliphatic rings. The number of methoxy groups -OCH3 is 1. The fourth-order valence-electron chi connectivity index (χ4n) is 3.31. The molecule has 33 heavy (non-hydrogen) atoms. The molecule has 0 aliphatic carbocycles. The Balaban J connectivity index is 1.49. The molecule has 0 fully saturated rings. The van der Waals surface area contributed by atoms with E-state index in [1.165, 1.54) is 24.3 Å². The van der Waals surface area contributed by atoms with Crippen LogP contribution in [0.3, 0.4) is 0 Å². The van der Waals surface area contributed by atoms with Crippen molar-refractivity contribution in [1.29, 1.82) is 0 Å². The largest absolute Gasteiger partial charge is 0.496 e. The predicted octanol–water partition coefficient (Wildman–Crippen LogP) is 3.47. The molecule has 3 aromatic rings. The zero-order chi connectivity index (χ0) is 23.7. The number of sulfonamides is 1. The van der Waals surface area contributed by atoms with Gasteiger partial charge in [0.05, 0.1) is 18.0 Å². The molecule has 0 spiro atoms. The maximum Gasteiger partial charge on any atom is 0.258 e. The normalized spacial score (nSPS) is 12.1. The maximum atomic E-state index is 12.5. The highest BCUT2D eigenvalue weighted by Gasteiger charge is 2.15. The van der Waals surface area contributed by atoms with Crippen LogP contribution in [0, 0.1) is 0 Å². The van der Waals surface area contributed by atoms with Crippen LogP contribution in [0.15, 0.2) is 83.8 Å². The van der Waals surface area contributed by atoms with E-state index in [2.05, 4.69) is 10.0 Å². The SMILES string of the molecule is COc1ccccc1C(C)NC(=O)COc1ccc(S(=O)(=O)NCCc2ccccc2)cc1. The van der Waals surface area contributed by atoms with Crippen molar-refractivity contribution in [2.75, 3.05) is 20.3 Å². The first-order valence-corrected chi connectivity index (χ1v) is 12.1. The van der Waals surface area contributed by atoms with Crippen molar-refractivity contribution < 1.29 is 22.7 Å². The summed E-state index contributed by atoms with van der Waals surface area (Å²) in [5.41, 5.74) is 1.92. The number of rotatable bonds is 11. The Morgan fingerprint density at radius 3 is 2.30 bits per heavy atom. The molecular formula is C25H28N2O5S. The molecule has 0 saturated heterocycles. The lowest BCUT2D eigenvalue weighted by Gasteiger charge is -2.17. The first-order chi connectivity index (χ1) is 15.9. The first kappa shape index (κ1) is 24.3. The lowest BCUT2D eigenvalue weighted by atomic mass is 10.1. The van der Waals surface area contributed by atoms with Crippen LogP contribution in [0.25, 0.3) is 0 Å². The van der Waals surface area contributed by atoms with Crippen LogP contribution in [0.4, 0.5) is 0 Å². The summed E-state index contributed by atoms with van der Waals surface area (Å²) < 4.78 is 38.4. The fourth-order valence-corrected chi connectivity index (χ4v) is 4.34. The molecule has 174 valence electrons. The highest BCUT2D eigenvalue weighted by atomic mass is 32.2. The van der Waals surface area contributed by atoms with Crippen LogP contribution in [0.2, 0.25) is 0 Å². The quantitative estimate of drug-likeness (QED) is 0.449. The third-order valence-corrected chi connectivity index (χ3v) is 6.51. The lowest BCUT2D eigenvalue weighted by molar-refractivity contribution is -0.123. The van der Waals surface area contributed by atoms with Crippen LogP contribution in [0.1, 0.15) is 24.1 Å². The summed E-state index contributed by atoms with van der Waals surface area (Å²) >= 11 is 0. The summed E-state index contributed by atoms with van der Waals surface area (Å²) in [6, 6.07) is 22.8. The van der Waals surface area contributed by atoms with Crippen LogP contribution in [-0.2, 0) is 21.2 Å². The van der Waals surface area contributed by atoms with E-state index in [0.717, 1.165) is 11.1 Å². The predicted molar refractivity (Wildman–Crippen MR) is 127 cm³/mol. The Kier molecular flexibility index (Phi) is 8.46. The van der Waals surface area contributed by atoms with E-state index >= 15 is 0 Å². The van der Waals surface area contributed by atoms with Gasteiger partial charge in [-0.1, -0.05) is 48.5 Å². The number of nitrogens with one attached hydrogen (secondary N) is 2. The number of amides is 1. The standard InChI is InChI=1S/C25H28N2O5S/c1-19(23-10-6-7-11-24(23)31-2)27-25(28)18-32-21-12-14-22(15-13-21)33(29,30)26-17-16-20-8-4-3-5-9-20/h3-15,19,26H,16-18H2,1-2H3,(H,27,28). The molecule has 0 aliphatic heterocycles. The van der Waals surface area contributed by atoms with Crippen LogP contribution in [0.5, 0.6) is 11.5 Å². The van der Waals surface area contributed by atoms with Crippen molar-refractivity contribution in [2.45, 2.75) is 24.3 Å². The summed E-state index contributed by atoms with van der Waals surface area (Å²) in [5, 5.41) is 2.86. The minimum atomic E-state index is -3.63. The number of ether oxygens (including phenoxy) is 2. The molecule has 0 radical (unpaired) electrons. The first-order valence-electron chi connectivity index (χ1n) is 10.6. The summed E-state index contributed by atoms with van der Waals surface area (Å²) in [7, 11) is -2.05. The Hall–Kier alpha value is -3.36. The van der Waals surface area contributed by atoms with Crippen molar-refractivity contribution in [3.05, 3.63) is 90.0 Å². The number of carbonyl (C=O) groups excluding carboxylic acids is 1. The van der Waals surface area contributed by atoms with E-state index in [-0.39, 0.29) is 23.5 Å². The van der Waals surface area contributed by atoms with Gasteiger partial charge in [-0.25, -0.2) is 13.1 Å². The van der Waals surface area contributed by atoms with Gasteiger partial charge in [0.25, 0.3) is 5.91 Å². The minimum Gasteiger partial charge on any atom is -0.496 e. The number of carbonyl (C=O) groups is 1. The molecule has 1 amide bonds. The van der Waals surface area contributed by atoms with Gasteiger partial charge in [0.15, 0.2) is 6.61 Å². The molecule has 1 unspecified atom stereocenters. The third kappa shape index (κ3) is 7.06. The third-order valence-electron chi connectivity index (χ3n) is 5.04. The molecule has 0 bridgehead atoms. The maximum absolute atomic E-state index is 12.5. The summed E-state index contributed by atoms with van der Waals surface area (Å²) in [4.78, 5) is 12.4. The van der Waals surface area contributed by atoms with Gasteiger partial charge in [0, 0.05) is 12.1 Å². The van der Waals surface area contributed by atoms with Gasteiger partial charge in [-0.2, -0.15) is 0 Å². The van der Waals surface area contributed by atoms with Crippen LogP contribution in [-0.4, -0.2) is 34.6 Å². The molecule has 0 aromatic heterocycles. The second kappa shape index (κ2) is 11.5. The molecule has 2 N–H and O–H groups in total. The fraction of sp³-hybridized carbons (Fsp3) is 0.240. The molecular weight excluding hydrogens is 440 g/mol. The zero-order valence-corrected chi connectivity index (χ0v) is 19.5. The average molecular weight is 469 g/mol. The Labute approximate surface area is 194 Å². The van der Waals surface area contributed by atoms with Crippen LogP contribution >= 0.6 is 0 Å². The van der Waals surface area contributed by atoms with E-state index in [4.69, 9.17) is 9.47 Å². The van der Waals surface area contributed by atoms with Gasteiger partial charge in [0.1, 0.15) is 11.5 Å². The van der Waals surface area contributed by atoms with Crippen molar-refractivity contribution in [3.63, 3.8) is 0 Å². The molecule has 0 heterocycles. The van der Waals surface area contributed by atoms with Crippen LogP contribution < -0.4 is 19.5 Å².